The minimum Gasteiger partial charge on any atom is -0.466 e. The van der Waals surface area contributed by atoms with Crippen molar-refractivity contribution in [2.75, 3.05) is 7.11 Å². The van der Waals surface area contributed by atoms with Gasteiger partial charge in [0.05, 0.1) is 40.1 Å². The Balaban J connectivity index is 1.73. The average molecular weight is 643 g/mol. The Labute approximate surface area is 264 Å². The van der Waals surface area contributed by atoms with Gasteiger partial charge in [-0.2, -0.15) is 8.42 Å². The quantitative estimate of drug-likeness (QED) is 0.0762. The van der Waals surface area contributed by atoms with Crippen LogP contribution in [0.25, 0.3) is 0 Å². The number of esters is 2. The van der Waals surface area contributed by atoms with Crippen molar-refractivity contribution in [2.24, 2.45) is 0 Å². The van der Waals surface area contributed by atoms with E-state index in [2.05, 4.69) is 5.32 Å². The molecule has 3 rings (SSSR count). The predicted octanol–water partition coefficient (Wildman–Crippen LogP) is 6.38. The van der Waals surface area contributed by atoms with E-state index in [9.17, 15) is 28.1 Å². The molecule has 0 aliphatic carbocycles. The second-order valence-corrected chi connectivity index (χ2v) is 12.6. The molecule has 12 heteroatoms. The van der Waals surface area contributed by atoms with Gasteiger partial charge in [0.1, 0.15) is 6.10 Å². The maximum Gasteiger partial charge on any atom is 0.337 e. The molecule has 45 heavy (non-hydrogen) atoms. The summed E-state index contributed by atoms with van der Waals surface area (Å²) >= 11 is 0. The number of ether oxygens (including phenoxy) is 2. The molecule has 0 bridgehead atoms. The van der Waals surface area contributed by atoms with E-state index in [0.29, 0.717) is 49.9 Å². The number of aryl methyl sites for hydroxylation is 1. The molecule has 2 aromatic rings. The summed E-state index contributed by atoms with van der Waals surface area (Å²) in [5, 5.41) is 15.0. The highest BCUT2D eigenvalue weighted by molar-refractivity contribution is 7.86. The van der Waals surface area contributed by atoms with Gasteiger partial charge in [-0.15, -0.1) is 0 Å². The lowest BCUT2D eigenvalue weighted by Gasteiger charge is -2.31. The molecule has 0 amide bonds. The zero-order valence-electron chi connectivity index (χ0n) is 26.6. The Bertz CT molecular complexity index is 1560. The number of methoxy groups -OCH3 is 1. The number of allylic oxidation sites excluding steroid dienone is 2. The van der Waals surface area contributed by atoms with E-state index >= 15 is 0 Å². The Morgan fingerprint density at radius 3 is 2.00 bits per heavy atom. The first kappa shape index (κ1) is 35.4. The zero-order chi connectivity index (χ0) is 33.3. The highest BCUT2D eigenvalue weighted by Gasteiger charge is 2.41. The largest absolute Gasteiger partial charge is 0.466 e. The van der Waals surface area contributed by atoms with Crippen LogP contribution in [0.4, 0.5) is 5.69 Å². The van der Waals surface area contributed by atoms with Crippen molar-refractivity contribution in [1.29, 1.82) is 0 Å². The summed E-state index contributed by atoms with van der Waals surface area (Å²) in [6, 6.07) is 12.5. The number of nitrogens with zero attached hydrogens (tertiary/aromatic N) is 1. The molecular formula is C33H42N2O9S. The summed E-state index contributed by atoms with van der Waals surface area (Å²) < 4.78 is 41.9. The molecule has 244 valence electrons. The Kier molecular flexibility index (Phi) is 12.5. The molecule has 1 N–H and O–H groups in total. The number of hydrogen-bond acceptors (Lipinski definition) is 10. The van der Waals surface area contributed by atoms with Gasteiger partial charge in [-0.25, -0.2) is 9.59 Å². The maximum atomic E-state index is 13.8. The van der Waals surface area contributed by atoms with Crippen LogP contribution >= 0.6 is 0 Å². The van der Waals surface area contributed by atoms with Crippen LogP contribution in [0.3, 0.4) is 0 Å². The number of para-hydroxylation sites is 1. The van der Waals surface area contributed by atoms with Crippen LogP contribution in [0.15, 0.2) is 76.0 Å². The Morgan fingerprint density at radius 1 is 0.889 bits per heavy atom. The lowest BCUT2D eigenvalue weighted by molar-refractivity contribution is -0.385. The number of benzene rings is 2. The van der Waals surface area contributed by atoms with Gasteiger partial charge in [0.15, 0.2) is 0 Å². The van der Waals surface area contributed by atoms with Crippen molar-refractivity contribution in [3.8, 4) is 0 Å². The van der Waals surface area contributed by atoms with E-state index in [4.69, 9.17) is 13.7 Å². The molecule has 3 atom stereocenters. The lowest BCUT2D eigenvalue weighted by Crippen LogP contribution is -2.33. The first-order valence-corrected chi connectivity index (χ1v) is 16.5. The molecule has 0 fully saturated rings. The number of nitro benzene ring substituents is 1. The van der Waals surface area contributed by atoms with Crippen molar-refractivity contribution < 1.29 is 36.6 Å². The van der Waals surface area contributed by atoms with Gasteiger partial charge >= 0.3 is 11.9 Å². The SMILES string of the molecule is CCC(CCCCC(CC)OS(=O)(=O)c1ccc(C)cc1)OC(=O)C1=C(C)NC(C)=C(C(=O)OC)C1c1ccccc1[N+](=O)[O-]. The summed E-state index contributed by atoms with van der Waals surface area (Å²) in [7, 11) is -2.68. The number of dihydropyridines is 1. The molecule has 1 heterocycles. The van der Waals surface area contributed by atoms with Gasteiger partial charge in [0, 0.05) is 23.0 Å². The van der Waals surface area contributed by atoms with Gasteiger partial charge in [0.2, 0.25) is 0 Å². The first-order chi connectivity index (χ1) is 21.3. The van der Waals surface area contributed by atoms with E-state index < -0.39 is 45.1 Å². The third kappa shape index (κ3) is 8.79. The molecule has 0 aromatic heterocycles. The van der Waals surface area contributed by atoms with Crippen LogP contribution in [0.1, 0.15) is 83.3 Å². The number of nitrogens with one attached hydrogen (secondary N) is 1. The van der Waals surface area contributed by atoms with Crippen molar-refractivity contribution >= 4 is 27.7 Å². The van der Waals surface area contributed by atoms with Crippen LogP contribution < -0.4 is 5.32 Å². The van der Waals surface area contributed by atoms with Gasteiger partial charge in [-0.1, -0.05) is 56.2 Å². The molecule has 11 nitrogen and oxygen atoms in total. The molecule has 0 radical (unpaired) electrons. The zero-order valence-corrected chi connectivity index (χ0v) is 27.4. The van der Waals surface area contributed by atoms with Crippen LogP contribution in [-0.4, -0.2) is 44.6 Å². The number of rotatable bonds is 15. The van der Waals surface area contributed by atoms with Crippen LogP contribution in [0, 0.1) is 17.0 Å². The third-order valence-corrected chi connectivity index (χ3v) is 9.26. The summed E-state index contributed by atoms with van der Waals surface area (Å²) in [5.74, 6) is -2.49. The molecule has 0 saturated carbocycles. The fourth-order valence-corrected chi connectivity index (χ4v) is 6.59. The van der Waals surface area contributed by atoms with Gasteiger partial charge < -0.3 is 14.8 Å². The number of carbonyl (C=O) groups is 2. The second kappa shape index (κ2) is 15.8. The van der Waals surface area contributed by atoms with Gasteiger partial charge in [-0.05, 0) is 65.0 Å². The highest BCUT2D eigenvalue weighted by Crippen LogP contribution is 2.42. The molecule has 3 unspecified atom stereocenters. The topological polar surface area (TPSA) is 151 Å². The van der Waals surface area contributed by atoms with Crippen molar-refractivity contribution in [1.82, 2.24) is 5.32 Å². The van der Waals surface area contributed by atoms with E-state index in [1.807, 2.05) is 20.8 Å². The number of hydrogen-bond donors (Lipinski definition) is 1. The van der Waals surface area contributed by atoms with Crippen molar-refractivity contribution in [3.63, 3.8) is 0 Å². The first-order valence-electron chi connectivity index (χ1n) is 15.1. The summed E-state index contributed by atoms with van der Waals surface area (Å²) in [5.41, 5.74) is 1.91. The molecule has 1 aliphatic heterocycles. The molecule has 2 aromatic carbocycles. The van der Waals surface area contributed by atoms with E-state index in [0.717, 1.165) is 5.56 Å². The Morgan fingerprint density at radius 2 is 1.44 bits per heavy atom. The molecule has 1 aliphatic rings. The fraction of sp³-hybridized carbons (Fsp3) is 0.455. The molecular weight excluding hydrogens is 600 g/mol. The molecule has 0 spiro atoms. The van der Waals surface area contributed by atoms with Gasteiger partial charge in [0.25, 0.3) is 15.8 Å². The van der Waals surface area contributed by atoms with Crippen LogP contribution in [0.5, 0.6) is 0 Å². The van der Waals surface area contributed by atoms with E-state index in [1.165, 1.54) is 37.4 Å². The van der Waals surface area contributed by atoms with Crippen LogP contribution in [0.2, 0.25) is 0 Å². The monoisotopic (exact) mass is 642 g/mol. The Hall–Kier alpha value is -4.03. The van der Waals surface area contributed by atoms with Crippen LogP contribution in [-0.2, 0) is 33.4 Å². The van der Waals surface area contributed by atoms with Crippen molar-refractivity contribution in [2.45, 2.75) is 96.2 Å². The molecule has 0 saturated heterocycles. The third-order valence-electron chi connectivity index (χ3n) is 7.89. The summed E-state index contributed by atoms with van der Waals surface area (Å²) in [6.45, 7) is 8.93. The highest BCUT2D eigenvalue weighted by atomic mass is 32.2. The second-order valence-electron chi connectivity index (χ2n) is 11.1. The lowest BCUT2D eigenvalue weighted by atomic mass is 9.79. The summed E-state index contributed by atoms with van der Waals surface area (Å²) in [6.07, 6.45) is 2.36. The standard InChI is InChI=1S/C33H42N2O9S/c1-7-24(13-9-10-14-25(8-2)44-45(40,41)26-19-17-21(3)18-20-26)43-33(37)30-23(5)34-22(4)29(32(36)42-6)31(30)27-15-11-12-16-28(27)35(38)39/h11-12,15-20,24-25,31,34H,7-10,13-14H2,1-6H3. The maximum absolute atomic E-state index is 13.8. The average Bonchev–Trinajstić information content (AvgIpc) is 3.01. The van der Waals surface area contributed by atoms with Gasteiger partial charge in [-0.3, -0.25) is 14.3 Å². The van der Waals surface area contributed by atoms with E-state index in [1.54, 1.807) is 32.0 Å². The summed E-state index contributed by atoms with van der Waals surface area (Å²) in [4.78, 5) is 38.2. The number of unbranched alkanes of at least 4 members (excludes halogenated alkanes) is 1. The van der Waals surface area contributed by atoms with Crippen molar-refractivity contribution in [3.05, 3.63) is 92.3 Å². The van der Waals surface area contributed by atoms with E-state index in [-0.39, 0.29) is 27.3 Å². The normalized spacial score (nSPS) is 16.5. The number of carbonyl (C=O) groups excluding carboxylic acids is 2. The number of nitro groups is 1. The predicted molar refractivity (Wildman–Crippen MR) is 169 cm³/mol. The fourth-order valence-electron chi connectivity index (χ4n) is 5.42. The minimum absolute atomic E-state index is 0.0867. The minimum atomic E-state index is -3.89. The smallest absolute Gasteiger partial charge is 0.337 e.